The fourth-order valence-corrected chi connectivity index (χ4v) is 1.64. The molecule has 0 radical (unpaired) electrons. The zero-order chi connectivity index (χ0) is 12.8. The molecule has 0 spiro atoms. The summed E-state index contributed by atoms with van der Waals surface area (Å²) in [5.41, 5.74) is 6.82. The molecule has 0 saturated heterocycles. The van der Waals surface area contributed by atoms with Gasteiger partial charge in [-0.3, -0.25) is 10.4 Å². The number of aliphatic hydroxyl groups excluding tert-OH is 1. The number of nitrogens with two attached hydrogens (primary N) is 1. The van der Waals surface area contributed by atoms with E-state index in [-0.39, 0.29) is 12.4 Å². The maximum absolute atomic E-state index is 8.87. The van der Waals surface area contributed by atoms with Gasteiger partial charge in [0.05, 0.1) is 11.9 Å². The lowest BCUT2D eigenvalue weighted by Gasteiger charge is -2.28. The zero-order valence-corrected chi connectivity index (χ0v) is 10.3. The minimum atomic E-state index is -0.0250. The fraction of sp³-hybridized carbons (Fsp3) is 0.500. The average Bonchev–Trinajstić information content (AvgIpc) is 2.29. The molecule has 0 fully saturated rings. The Morgan fingerprint density at radius 2 is 2.24 bits per heavy atom. The highest BCUT2D eigenvalue weighted by Crippen LogP contribution is 2.16. The summed E-state index contributed by atoms with van der Waals surface area (Å²) in [5, 5.41) is 16.2. The third-order valence-corrected chi connectivity index (χ3v) is 2.54. The van der Waals surface area contributed by atoms with Gasteiger partial charge in [0.2, 0.25) is 0 Å². The molecule has 0 atom stereocenters. The van der Waals surface area contributed by atoms with Crippen molar-refractivity contribution in [2.24, 2.45) is 5.73 Å². The highest BCUT2D eigenvalue weighted by Gasteiger charge is 2.10. The van der Waals surface area contributed by atoms with E-state index in [1.807, 2.05) is 6.07 Å². The Morgan fingerprint density at radius 3 is 2.65 bits per heavy atom. The van der Waals surface area contributed by atoms with Crippen LogP contribution in [0.5, 0.6) is 0 Å². The van der Waals surface area contributed by atoms with Gasteiger partial charge in [0.1, 0.15) is 11.5 Å². The Bertz CT molecular complexity index is 361. The molecule has 94 valence electrons. The summed E-state index contributed by atoms with van der Waals surface area (Å²) in [6.07, 6.45) is 2.45. The third kappa shape index (κ3) is 3.71. The maximum atomic E-state index is 8.87. The van der Waals surface area contributed by atoms with Gasteiger partial charge in [-0.2, -0.15) is 0 Å². The molecule has 17 heavy (non-hydrogen) atoms. The number of aliphatic hydroxyl groups is 1. The Labute approximate surface area is 102 Å². The summed E-state index contributed by atoms with van der Waals surface area (Å²) in [7, 11) is 0. The van der Waals surface area contributed by atoms with Gasteiger partial charge < -0.3 is 15.7 Å². The Kier molecular flexibility index (Phi) is 4.90. The molecule has 1 aromatic heterocycles. The smallest absolute Gasteiger partial charge is 0.141 e. The van der Waals surface area contributed by atoms with E-state index in [1.54, 1.807) is 12.3 Å². The van der Waals surface area contributed by atoms with Crippen molar-refractivity contribution in [2.45, 2.75) is 26.3 Å². The largest absolute Gasteiger partial charge is 0.396 e. The van der Waals surface area contributed by atoms with Crippen LogP contribution in [-0.2, 0) is 0 Å². The summed E-state index contributed by atoms with van der Waals surface area (Å²) in [6, 6.07) is 3.99. The molecule has 1 rings (SSSR count). The van der Waals surface area contributed by atoms with E-state index in [2.05, 4.69) is 23.7 Å². The number of aromatic nitrogens is 1. The summed E-state index contributed by atoms with van der Waals surface area (Å²) in [5.74, 6) is -0.0250. The van der Waals surface area contributed by atoms with Gasteiger partial charge in [0.15, 0.2) is 0 Å². The first-order chi connectivity index (χ1) is 8.06. The minimum absolute atomic E-state index is 0.0250. The van der Waals surface area contributed by atoms with E-state index < -0.39 is 0 Å². The predicted molar refractivity (Wildman–Crippen MR) is 69.4 cm³/mol. The van der Waals surface area contributed by atoms with Crippen LogP contribution in [0, 0.1) is 5.41 Å². The second-order valence-corrected chi connectivity index (χ2v) is 4.18. The van der Waals surface area contributed by atoms with E-state index in [9.17, 15) is 0 Å². The van der Waals surface area contributed by atoms with Crippen LogP contribution < -0.4 is 10.6 Å². The number of amidine groups is 1. The highest BCUT2D eigenvalue weighted by atomic mass is 16.3. The van der Waals surface area contributed by atoms with Crippen molar-refractivity contribution in [1.82, 2.24) is 4.98 Å². The van der Waals surface area contributed by atoms with Crippen molar-refractivity contribution in [3.8, 4) is 0 Å². The molecule has 0 saturated carbocycles. The molecule has 5 nitrogen and oxygen atoms in total. The molecule has 0 aromatic carbocycles. The van der Waals surface area contributed by atoms with Gasteiger partial charge in [-0.1, -0.05) is 0 Å². The van der Waals surface area contributed by atoms with Crippen molar-refractivity contribution in [3.63, 3.8) is 0 Å². The van der Waals surface area contributed by atoms with Crippen molar-refractivity contribution in [2.75, 3.05) is 18.1 Å². The molecule has 1 aromatic rings. The molecule has 0 bridgehead atoms. The normalized spacial score (nSPS) is 10.6. The number of anilines is 1. The van der Waals surface area contributed by atoms with Crippen molar-refractivity contribution < 1.29 is 5.11 Å². The van der Waals surface area contributed by atoms with Gasteiger partial charge in [0.25, 0.3) is 0 Å². The number of pyridine rings is 1. The van der Waals surface area contributed by atoms with E-state index >= 15 is 0 Å². The Morgan fingerprint density at radius 1 is 1.53 bits per heavy atom. The third-order valence-electron chi connectivity index (χ3n) is 2.54. The van der Waals surface area contributed by atoms with E-state index in [4.69, 9.17) is 16.2 Å². The van der Waals surface area contributed by atoms with Gasteiger partial charge in [-0.25, -0.2) is 0 Å². The zero-order valence-electron chi connectivity index (χ0n) is 10.3. The number of nitrogen functional groups attached to an aromatic ring is 1. The summed E-state index contributed by atoms with van der Waals surface area (Å²) < 4.78 is 0. The second-order valence-electron chi connectivity index (χ2n) is 4.18. The molecule has 5 heteroatoms. The minimum Gasteiger partial charge on any atom is -0.396 e. The van der Waals surface area contributed by atoms with Crippen LogP contribution in [0.3, 0.4) is 0 Å². The number of nitrogens with zero attached hydrogens (tertiary/aromatic N) is 2. The number of nitrogens with one attached hydrogen (secondary N) is 1. The first kappa shape index (κ1) is 13.4. The van der Waals surface area contributed by atoms with Crippen LogP contribution in [-0.4, -0.2) is 35.1 Å². The standard InChI is InChI=1S/C12H20N4O/c1-9(2)16(6-3-7-17)10-4-5-11(12(13)14)15-8-10/h4-5,8-9,17H,3,6-7H2,1-2H3,(H3,13,14). The lowest BCUT2D eigenvalue weighted by Crippen LogP contribution is -2.32. The van der Waals surface area contributed by atoms with Gasteiger partial charge in [-0.15, -0.1) is 0 Å². The topological polar surface area (TPSA) is 86.2 Å². The van der Waals surface area contributed by atoms with Crippen LogP contribution in [0.15, 0.2) is 18.3 Å². The van der Waals surface area contributed by atoms with Crippen LogP contribution in [0.1, 0.15) is 26.0 Å². The number of hydrogen-bond donors (Lipinski definition) is 3. The first-order valence-corrected chi connectivity index (χ1v) is 5.74. The molecule has 0 amide bonds. The monoisotopic (exact) mass is 236 g/mol. The van der Waals surface area contributed by atoms with Crippen LogP contribution >= 0.6 is 0 Å². The fourth-order valence-electron chi connectivity index (χ4n) is 1.64. The molecule has 0 aliphatic heterocycles. The summed E-state index contributed by atoms with van der Waals surface area (Å²) in [4.78, 5) is 6.30. The molecule has 4 N–H and O–H groups in total. The van der Waals surface area contributed by atoms with Crippen LogP contribution in [0.4, 0.5) is 5.69 Å². The van der Waals surface area contributed by atoms with E-state index in [0.29, 0.717) is 11.7 Å². The van der Waals surface area contributed by atoms with Gasteiger partial charge in [0, 0.05) is 19.2 Å². The highest BCUT2D eigenvalue weighted by molar-refractivity contribution is 5.93. The first-order valence-electron chi connectivity index (χ1n) is 5.74. The SMILES string of the molecule is CC(C)N(CCCO)c1ccc(C(=N)N)nc1. The molecular formula is C12H20N4O. The number of rotatable bonds is 6. The molecule has 0 aliphatic rings. The Balaban J connectivity index is 2.83. The number of hydrogen-bond acceptors (Lipinski definition) is 4. The lowest BCUT2D eigenvalue weighted by molar-refractivity contribution is 0.288. The molecular weight excluding hydrogens is 216 g/mol. The quantitative estimate of drug-likeness (QED) is 0.507. The van der Waals surface area contributed by atoms with Crippen molar-refractivity contribution >= 4 is 11.5 Å². The van der Waals surface area contributed by atoms with Crippen LogP contribution in [0.25, 0.3) is 0 Å². The molecule has 0 unspecified atom stereocenters. The van der Waals surface area contributed by atoms with E-state index in [1.165, 1.54) is 0 Å². The average molecular weight is 236 g/mol. The summed E-state index contributed by atoms with van der Waals surface area (Å²) in [6.45, 7) is 5.16. The van der Waals surface area contributed by atoms with Crippen LogP contribution in [0.2, 0.25) is 0 Å². The molecule has 1 heterocycles. The second kappa shape index (κ2) is 6.20. The maximum Gasteiger partial charge on any atom is 0.141 e. The summed E-state index contributed by atoms with van der Waals surface area (Å²) >= 11 is 0. The van der Waals surface area contributed by atoms with Crippen molar-refractivity contribution in [1.29, 1.82) is 5.41 Å². The van der Waals surface area contributed by atoms with E-state index in [0.717, 1.165) is 18.7 Å². The molecule has 0 aliphatic carbocycles. The van der Waals surface area contributed by atoms with Gasteiger partial charge in [-0.05, 0) is 32.4 Å². The predicted octanol–water partition coefficient (Wildman–Crippen LogP) is 0.963. The lowest BCUT2D eigenvalue weighted by atomic mass is 10.2. The van der Waals surface area contributed by atoms with Gasteiger partial charge >= 0.3 is 0 Å². The Hall–Kier alpha value is -1.62. The van der Waals surface area contributed by atoms with Crippen molar-refractivity contribution in [3.05, 3.63) is 24.0 Å².